The number of allylic oxidation sites excluding steroid dienone is 1. The van der Waals surface area contributed by atoms with Crippen molar-refractivity contribution < 1.29 is 4.57 Å². The molecule has 0 aliphatic heterocycles. The first-order chi connectivity index (χ1) is 15.3. The Balaban J connectivity index is 1.48. The molecule has 2 aromatic rings. The van der Waals surface area contributed by atoms with Crippen molar-refractivity contribution in [2.45, 2.75) is 110 Å². The van der Waals surface area contributed by atoms with E-state index in [4.69, 9.17) is 0 Å². The molecule has 1 aromatic heterocycles. The molecule has 0 spiro atoms. The van der Waals surface area contributed by atoms with E-state index in [1.54, 1.807) is 0 Å². The minimum atomic E-state index is 1.14. The number of benzene rings is 1. The van der Waals surface area contributed by atoms with Gasteiger partial charge >= 0.3 is 0 Å². The minimum absolute atomic E-state index is 1.14. The van der Waals surface area contributed by atoms with E-state index < -0.39 is 0 Å². The number of unbranched alkanes of at least 4 members (excludes halogenated alkanes) is 13. The second-order valence-electron chi connectivity index (χ2n) is 9.16. The Morgan fingerprint density at radius 1 is 0.645 bits per heavy atom. The van der Waals surface area contributed by atoms with Crippen molar-refractivity contribution in [1.82, 2.24) is 0 Å². The normalized spacial score (nSPS) is 11.7. The Bertz CT molecular complexity index is 699. The van der Waals surface area contributed by atoms with Crippen LogP contribution < -0.4 is 4.57 Å². The van der Waals surface area contributed by atoms with Gasteiger partial charge in [0.2, 0.25) is 0 Å². The average Bonchev–Trinajstić information content (AvgIpc) is 2.81. The Kier molecular flexibility index (Phi) is 13.7. The van der Waals surface area contributed by atoms with Crippen LogP contribution in [0, 0.1) is 0 Å². The molecular weight excluding hydrogens is 374 g/mol. The second kappa shape index (κ2) is 16.8. The summed E-state index contributed by atoms with van der Waals surface area (Å²) in [5.41, 5.74) is 3.88. The van der Waals surface area contributed by atoms with Crippen molar-refractivity contribution >= 4 is 11.6 Å². The van der Waals surface area contributed by atoms with Gasteiger partial charge in [0.05, 0.1) is 0 Å². The van der Waals surface area contributed by atoms with Crippen molar-refractivity contribution in [2.24, 2.45) is 0 Å². The Morgan fingerprint density at radius 3 is 1.65 bits per heavy atom. The van der Waals surface area contributed by atoms with E-state index in [1.165, 1.54) is 107 Å². The van der Waals surface area contributed by atoms with Crippen LogP contribution in [-0.2, 0) is 6.54 Å². The summed E-state index contributed by atoms with van der Waals surface area (Å²) in [5, 5.41) is 0. The predicted molar refractivity (Wildman–Crippen MR) is 137 cm³/mol. The van der Waals surface area contributed by atoms with Crippen LogP contribution in [-0.4, -0.2) is 0 Å². The molecule has 1 heteroatoms. The Hall–Kier alpha value is -1.89. The summed E-state index contributed by atoms with van der Waals surface area (Å²) in [6, 6.07) is 15.1. The SMILES string of the molecule is CCCCCCCCCCCCCCCC[n+]1ccc(/C=C(\C)c2ccccc2)cc1. The molecule has 31 heavy (non-hydrogen) atoms. The monoisotopic (exact) mass is 420 g/mol. The van der Waals surface area contributed by atoms with Crippen LogP contribution in [0.15, 0.2) is 54.9 Å². The van der Waals surface area contributed by atoms with Crippen molar-refractivity contribution in [1.29, 1.82) is 0 Å². The largest absolute Gasteiger partial charge is 0.205 e. The molecule has 0 aliphatic rings. The molecule has 0 bridgehead atoms. The zero-order chi connectivity index (χ0) is 22.0. The molecule has 1 nitrogen and oxygen atoms in total. The highest BCUT2D eigenvalue weighted by Crippen LogP contribution is 2.16. The lowest BCUT2D eigenvalue weighted by molar-refractivity contribution is -0.697. The predicted octanol–water partition coefficient (Wildman–Crippen LogP) is 9.02. The molecule has 0 radical (unpaired) electrons. The average molecular weight is 421 g/mol. The van der Waals surface area contributed by atoms with E-state index in [1.807, 2.05) is 0 Å². The molecule has 0 saturated heterocycles. The van der Waals surface area contributed by atoms with Crippen LogP contribution in [0.1, 0.15) is 115 Å². The van der Waals surface area contributed by atoms with Gasteiger partial charge in [0.25, 0.3) is 0 Å². The lowest BCUT2D eigenvalue weighted by atomic mass is 10.0. The number of nitrogens with zero attached hydrogens (tertiary/aromatic N) is 1. The van der Waals surface area contributed by atoms with Gasteiger partial charge in [0, 0.05) is 18.6 Å². The fraction of sp³-hybridized carbons (Fsp3) is 0.567. The lowest BCUT2D eigenvalue weighted by Crippen LogP contribution is -2.32. The van der Waals surface area contributed by atoms with Crippen LogP contribution in [0.4, 0.5) is 0 Å². The van der Waals surface area contributed by atoms with Crippen LogP contribution in [0.3, 0.4) is 0 Å². The summed E-state index contributed by atoms with van der Waals surface area (Å²) in [7, 11) is 0. The molecule has 0 atom stereocenters. The molecular formula is C30H46N+. The van der Waals surface area contributed by atoms with E-state index in [2.05, 4.69) is 79.3 Å². The maximum Gasteiger partial charge on any atom is 0.169 e. The maximum atomic E-state index is 2.33. The van der Waals surface area contributed by atoms with Crippen LogP contribution >= 0.6 is 0 Å². The topological polar surface area (TPSA) is 3.88 Å². The van der Waals surface area contributed by atoms with Crippen molar-refractivity contribution in [2.75, 3.05) is 0 Å². The van der Waals surface area contributed by atoms with Crippen molar-refractivity contribution in [3.8, 4) is 0 Å². The summed E-state index contributed by atoms with van der Waals surface area (Å²) in [6.45, 7) is 5.62. The Labute approximate surface area is 192 Å². The van der Waals surface area contributed by atoms with E-state index in [0.717, 1.165) is 6.54 Å². The molecule has 2 rings (SSSR count). The number of hydrogen-bond acceptors (Lipinski definition) is 0. The molecule has 0 saturated carbocycles. The van der Waals surface area contributed by atoms with E-state index in [-0.39, 0.29) is 0 Å². The Morgan fingerprint density at radius 2 is 1.13 bits per heavy atom. The third-order valence-corrected chi connectivity index (χ3v) is 6.30. The van der Waals surface area contributed by atoms with Crippen LogP contribution in [0.25, 0.3) is 11.6 Å². The first kappa shape index (κ1) is 25.4. The molecule has 0 aliphatic carbocycles. The highest BCUT2D eigenvalue weighted by molar-refractivity contribution is 5.79. The molecule has 0 fully saturated rings. The maximum absolute atomic E-state index is 2.33. The van der Waals surface area contributed by atoms with Crippen LogP contribution in [0.2, 0.25) is 0 Å². The summed E-state index contributed by atoms with van der Waals surface area (Å²) in [6.07, 6.45) is 26.6. The third-order valence-electron chi connectivity index (χ3n) is 6.30. The first-order valence-electron chi connectivity index (χ1n) is 13.0. The van der Waals surface area contributed by atoms with Gasteiger partial charge in [-0.3, -0.25) is 0 Å². The van der Waals surface area contributed by atoms with Gasteiger partial charge in [-0.1, -0.05) is 120 Å². The van der Waals surface area contributed by atoms with Crippen molar-refractivity contribution in [3.05, 3.63) is 66.0 Å². The standard InChI is InChI=1S/C30H46N/c1-3-4-5-6-7-8-9-10-11-12-13-14-15-19-24-31-25-22-29(23-26-31)27-28(2)30-20-17-16-18-21-30/h16-18,20-23,25-27H,3-15,19,24H2,1-2H3/q+1/b28-27+. The fourth-order valence-corrected chi connectivity index (χ4v) is 4.24. The second-order valence-corrected chi connectivity index (χ2v) is 9.16. The van der Waals surface area contributed by atoms with Crippen molar-refractivity contribution in [3.63, 3.8) is 0 Å². The number of pyridine rings is 1. The number of aryl methyl sites for hydroxylation is 1. The summed E-state index contributed by atoms with van der Waals surface area (Å²) in [4.78, 5) is 0. The van der Waals surface area contributed by atoms with Gasteiger partial charge in [0.1, 0.15) is 6.54 Å². The molecule has 0 N–H and O–H groups in total. The number of hydrogen-bond donors (Lipinski definition) is 0. The van der Waals surface area contributed by atoms with Gasteiger partial charge in [-0.2, -0.15) is 0 Å². The minimum Gasteiger partial charge on any atom is -0.205 e. The zero-order valence-corrected chi connectivity index (χ0v) is 20.3. The quantitative estimate of drug-likeness (QED) is 0.177. The van der Waals surface area contributed by atoms with Gasteiger partial charge in [-0.25, -0.2) is 4.57 Å². The van der Waals surface area contributed by atoms with Gasteiger partial charge in [-0.15, -0.1) is 0 Å². The summed E-state index contributed by atoms with van der Waals surface area (Å²) >= 11 is 0. The van der Waals surface area contributed by atoms with Crippen LogP contribution in [0.5, 0.6) is 0 Å². The molecule has 1 aromatic carbocycles. The van der Waals surface area contributed by atoms with E-state index in [9.17, 15) is 0 Å². The molecule has 1 heterocycles. The molecule has 0 amide bonds. The molecule has 170 valence electrons. The summed E-state index contributed by atoms with van der Waals surface area (Å²) in [5.74, 6) is 0. The van der Waals surface area contributed by atoms with Gasteiger partial charge in [0.15, 0.2) is 12.4 Å². The van der Waals surface area contributed by atoms with Gasteiger partial charge in [-0.05, 0) is 30.0 Å². The molecule has 0 unspecified atom stereocenters. The summed E-state index contributed by atoms with van der Waals surface area (Å²) < 4.78 is 2.33. The van der Waals surface area contributed by atoms with E-state index >= 15 is 0 Å². The number of aromatic nitrogens is 1. The number of rotatable bonds is 17. The zero-order valence-electron chi connectivity index (χ0n) is 20.3. The van der Waals surface area contributed by atoms with E-state index in [0.29, 0.717) is 0 Å². The highest BCUT2D eigenvalue weighted by atomic mass is 14.9. The highest BCUT2D eigenvalue weighted by Gasteiger charge is 2.01. The van der Waals surface area contributed by atoms with Gasteiger partial charge < -0.3 is 0 Å². The first-order valence-corrected chi connectivity index (χ1v) is 13.0. The third kappa shape index (κ3) is 11.9. The smallest absolute Gasteiger partial charge is 0.169 e. The lowest BCUT2D eigenvalue weighted by Gasteiger charge is -2.03. The fourth-order valence-electron chi connectivity index (χ4n) is 4.24.